The van der Waals surface area contributed by atoms with Crippen molar-refractivity contribution >= 4 is 50.9 Å². The van der Waals surface area contributed by atoms with Crippen LogP contribution in [0.15, 0.2) is 49.9 Å². The zero-order chi connectivity index (χ0) is 26.3. The van der Waals surface area contributed by atoms with Crippen LogP contribution in [0.25, 0.3) is 0 Å². The zero-order valence-corrected chi connectivity index (χ0v) is 28.8. The molecule has 196 valence electrons. The number of rotatable bonds is 14. The van der Waals surface area contributed by atoms with Crippen LogP contribution in [0.4, 0.5) is 0 Å². The van der Waals surface area contributed by atoms with Crippen LogP contribution in [0.2, 0.25) is 76.6 Å². The van der Waals surface area contributed by atoms with Gasteiger partial charge in [0.05, 0.1) is 13.2 Å². The van der Waals surface area contributed by atoms with Gasteiger partial charge in [0.25, 0.3) is 0 Å². The van der Waals surface area contributed by atoms with Gasteiger partial charge in [-0.1, -0.05) is 23.6 Å². The molecule has 0 bridgehead atoms. The smallest absolute Gasteiger partial charge is 0.343 e. The quantitative estimate of drug-likeness (QED) is 0.171. The lowest BCUT2D eigenvalue weighted by Crippen LogP contribution is -2.67. The molecule has 0 aliphatic carbocycles. The predicted octanol–water partition coefficient (Wildman–Crippen LogP) is 6.62. The first-order valence-corrected chi connectivity index (χ1v) is 28.1. The van der Waals surface area contributed by atoms with Crippen LogP contribution in [0.1, 0.15) is 0 Å². The first kappa shape index (κ1) is 32.1. The molecular weight excluding hydrogens is 529 g/mol. The van der Waals surface area contributed by atoms with Crippen LogP contribution in [-0.4, -0.2) is 64.1 Å². The van der Waals surface area contributed by atoms with E-state index in [0.29, 0.717) is 13.2 Å². The van der Waals surface area contributed by atoms with Gasteiger partial charge in [-0.15, -0.1) is 26.3 Å². The van der Waals surface area contributed by atoms with E-state index < -0.39 is 50.9 Å². The highest BCUT2D eigenvalue weighted by molar-refractivity contribution is 6.96. The second-order valence-electron chi connectivity index (χ2n) is 10.8. The molecule has 6 nitrogen and oxygen atoms in total. The lowest BCUT2D eigenvalue weighted by molar-refractivity contribution is 0.236. The molecule has 1 rings (SSSR count). The molecule has 1 saturated heterocycles. The third-order valence-corrected chi connectivity index (χ3v) is 29.0. The fourth-order valence-corrected chi connectivity index (χ4v) is 32.7. The SMILES string of the molecule is C=CCO[Si](C)(C)CC[Si]1(C)O[Si](C)(C=C)O[Si](C)(CC[Si](C)(C)OCC=C)O[Si](C)(C=C)O1. The molecule has 12 heteroatoms. The van der Waals surface area contributed by atoms with Crippen molar-refractivity contribution < 1.29 is 25.3 Å². The highest BCUT2D eigenvalue weighted by atomic mass is 28.5. The molecule has 1 fully saturated rings. The zero-order valence-electron chi connectivity index (χ0n) is 22.8. The Labute approximate surface area is 215 Å². The normalized spacial score (nSPS) is 32.9. The van der Waals surface area contributed by atoms with Gasteiger partial charge in [0, 0.05) is 0 Å². The molecule has 1 aliphatic rings. The molecule has 0 saturated carbocycles. The third-order valence-electron chi connectivity index (χ3n) is 5.96. The number of hydrogen-bond donors (Lipinski definition) is 0. The van der Waals surface area contributed by atoms with Gasteiger partial charge in [0.1, 0.15) is 0 Å². The van der Waals surface area contributed by atoms with Gasteiger partial charge in [0.15, 0.2) is 16.6 Å². The molecule has 0 radical (unpaired) electrons. The average Bonchev–Trinajstić information content (AvgIpc) is 2.73. The molecular formula is C22H48O6Si6. The summed E-state index contributed by atoms with van der Waals surface area (Å²) in [4.78, 5) is 0. The van der Waals surface area contributed by atoms with Crippen molar-refractivity contribution in [1.29, 1.82) is 0 Å². The summed E-state index contributed by atoms with van der Waals surface area (Å²) in [5.74, 6) is 0. The molecule has 0 aromatic carbocycles. The Morgan fingerprint density at radius 3 is 1.15 bits per heavy atom. The van der Waals surface area contributed by atoms with E-state index in [0.717, 1.165) is 24.2 Å². The summed E-state index contributed by atoms with van der Waals surface area (Å²) in [5.41, 5.74) is 3.75. The molecule has 0 atom stereocenters. The predicted molar refractivity (Wildman–Crippen MR) is 158 cm³/mol. The Morgan fingerprint density at radius 2 is 0.912 bits per heavy atom. The first-order valence-electron chi connectivity index (χ1n) is 12.1. The maximum atomic E-state index is 6.88. The summed E-state index contributed by atoms with van der Waals surface area (Å²) in [5, 5.41) is 0. The average molecular weight is 577 g/mol. The van der Waals surface area contributed by atoms with E-state index in [-0.39, 0.29) is 0 Å². The van der Waals surface area contributed by atoms with E-state index in [1.54, 1.807) is 12.2 Å². The van der Waals surface area contributed by atoms with Crippen LogP contribution in [0, 0.1) is 0 Å². The van der Waals surface area contributed by atoms with Crippen molar-refractivity contribution in [3.05, 3.63) is 49.9 Å². The Morgan fingerprint density at radius 1 is 0.618 bits per heavy atom. The molecule has 1 aliphatic heterocycles. The highest BCUT2D eigenvalue weighted by Crippen LogP contribution is 2.37. The Balaban J connectivity index is 3.17. The van der Waals surface area contributed by atoms with E-state index in [2.05, 4.69) is 78.7 Å². The summed E-state index contributed by atoms with van der Waals surface area (Å²) in [6, 6.07) is 3.50. The minimum absolute atomic E-state index is 0.573. The van der Waals surface area contributed by atoms with Crippen molar-refractivity contribution in [1.82, 2.24) is 0 Å². The van der Waals surface area contributed by atoms with Crippen LogP contribution < -0.4 is 0 Å². The fraction of sp³-hybridized carbons (Fsp3) is 0.636. The summed E-state index contributed by atoms with van der Waals surface area (Å²) in [6.45, 7) is 34.2. The second kappa shape index (κ2) is 12.5. The van der Waals surface area contributed by atoms with Gasteiger partial charge < -0.3 is 25.3 Å². The van der Waals surface area contributed by atoms with Gasteiger partial charge >= 0.3 is 34.2 Å². The van der Waals surface area contributed by atoms with Crippen molar-refractivity contribution in [3.63, 3.8) is 0 Å². The minimum Gasteiger partial charge on any atom is -0.414 e. The van der Waals surface area contributed by atoms with Crippen LogP contribution in [0.3, 0.4) is 0 Å². The largest absolute Gasteiger partial charge is 0.414 e. The summed E-state index contributed by atoms with van der Waals surface area (Å²) in [6.07, 6.45) is 3.61. The van der Waals surface area contributed by atoms with Crippen molar-refractivity contribution in [2.45, 2.75) is 76.6 Å². The van der Waals surface area contributed by atoms with E-state index >= 15 is 0 Å². The lowest BCUT2D eigenvalue weighted by Gasteiger charge is -2.49. The van der Waals surface area contributed by atoms with Crippen LogP contribution >= 0.6 is 0 Å². The fourth-order valence-electron chi connectivity index (χ4n) is 3.94. The minimum atomic E-state index is -2.74. The van der Waals surface area contributed by atoms with Gasteiger partial charge in [0.2, 0.25) is 0 Å². The Kier molecular flexibility index (Phi) is 11.8. The topological polar surface area (TPSA) is 55.4 Å². The molecule has 0 aromatic heterocycles. The second-order valence-corrected chi connectivity index (χ2v) is 33.1. The van der Waals surface area contributed by atoms with E-state index in [4.69, 9.17) is 25.3 Å². The van der Waals surface area contributed by atoms with E-state index in [9.17, 15) is 0 Å². The Hall–Kier alpha value is 0.0213. The van der Waals surface area contributed by atoms with Crippen LogP contribution in [-0.2, 0) is 25.3 Å². The van der Waals surface area contributed by atoms with E-state index in [1.807, 2.05) is 11.4 Å². The third kappa shape index (κ3) is 10.6. The monoisotopic (exact) mass is 576 g/mol. The molecule has 0 amide bonds. The van der Waals surface area contributed by atoms with Gasteiger partial charge in [-0.2, -0.15) is 0 Å². The lowest BCUT2D eigenvalue weighted by atomic mass is 10.7. The van der Waals surface area contributed by atoms with Crippen molar-refractivity contribution in [2.75, 3.05) is 13.2 Å². The maximum absolute atomic E-state index is 6.88. The molecule has 1 heterocycles. The van der Waals surface area contributed by atoms with Crippen LogP contribution in [0.5, 0.6) is 0 Å². The van der Waals surface area contributed by atoms with Gasteiger partial charge in [-0.3, -0.25) is 0 Å². The van der Waals surface area contributed by atoms with Gasteiger partial charge in [-0.05, 0) is 76.6 Å². The number of hydrogen-bond acceptors (Lipinski definition) is 6. The van der Waals surface area contributed by atoms with E-state index in [1.165, 1.54) is 0 Å². The first-order chi connectivity index (χ1) is 15.5. The summed E-state index contributed by atoms with van der Waals surface area (Å²) in [7, 11) is -14.6. The standard InChI is InChI=1S/C22H48O6Si6/c1-13-17-23-29(5,6)19-21-33(11)25-31(9,15-3)27-34(12,28-32(10,16-4)26-33)22-20-30(7,8)24-18-14-2/h13-16H,1-4,17-22H2,5-12H3. The molecule has 0 aromatic rings. The molecule has 0 unspecified atom stereocenters. The van der Waals surface area contributed by atoms with Crippen molar-refractivity contribution in [3.8, 4) is 0 Å². The van der Waals surface area contributed by atoms with Crippen molar-refractivity contribution in [2.24, 2.45) is 0 Å². The van der Waals surface area contributed by atoms with Gasteiger partial charge in [-0.25, -0.2) is 0 Å². The maximum Gasteiger partial charge on any atom is 0.343 e. The Bertz CT molecular complexity index is 657. The molecule has 0 spiro atoms. The molecule has 0 N–H and O–H groups in total. The molecule has 34 heavy (non-hydrogen) atoms. The highest BCUT2D eigenvalue weighted by Gasteiger charge is 2.56. The summed E-state index contributed by atoms with van der Waals surface area (Å²) < 4.78 is 39.7. The summed E-state index contributed by atoms with van der Waals surface area (Å²) >= 11 is 0.